The molecule has 0 bridgehead atoms. The maximum absolute atomic E-state index is 12.5. The summed E-state index contributed by atoms with van der Waals surface area (Å²) in [5.41, 5.74) is 6.85. The Labute approximate surface area is 127 Å². The van der Waals surface area contributed by atoms with E-state index in [4.69, 9.17) is 5.73 Å². The van der Waals surface area contributed by atoms with Crippen molar-refractivity contribution < 1.29 is 4.79 Å². The van der Waals surface area contributed by atoms with Crippen LogP contribution in [0.15, 0.2) is 24.3 Å². The van der Waals surface area contributed by atoms with E-state index in [1.807, 2.05) is 29.2 Å². The standard InChI is InChI=1S/C15H19IN2O/c16-13-3-1-2-10(6-13)15(19)18-8-11-4-5-14(17)7-12(11)9-18/h1-3,6,11-12,14H,4-5,7-9,17H2/t11-,12+,14?/m1/s1. The van der Waals surface area contributed by atoms with Crippen LogP contribution < -0.4 is 5.73 Å². The molecule has 1 saturated heterocycles. The number of nitrogens with two attached hydrogens (primary N) is 1. The Morgan fingerprint density at radius 2 is 2.05 bits per heavy atom. The summed E-state index contributed by atoms with van der Waals surface area (Å²) in [6, 6.07) is 8.19. The normalized spacial score (nSPS) is 30.2. The van der Waals surface area contributed by atoms with Crippen molar-refractivity contribution in [2.75, 3.05) is 13.1 Å². The molecule has 102 valence electrons. The van der Waals surface area contributed by atoms with Gasteiger partial charge < -0.3 is 10.6 Å². The van der Waals surface area contributed by atoms with Crippen LogP contribution in [0.1, 0.15) is 29.6 Å². The predicted octanol–water partition coefficient (Wildman–Crippen LogP) is 2.49. The van der Waals surface area contributed by atoms with Crippen LogP contribution in [0, 0.1) is 15.4 Å². The van der Waals surface area contributed by atoms with Gasteiger partial charge in [0, 0.05) is 28.3 Å². The van der Waals surface area contributed by atoms with Crippen molar-refractivity contribution in [3.8, 4) is 0 Å². The Bertz CT molecular complexity index is 491. The molecule has 1 heterocycles. The molecule has 0 radical (unpaired) electrons. The number of amides is 1. The zero-order chi connectivity index (χ0) is 13.4. The predicted molar refractivity (Wildman–Crippen MR) is 83.9 cm³/mol. The third-order valence-corrected chi connectivity index (χ3v) is 5.12. The highest BCUT2D eigenvalue weighted by Crippen LogP contribution is 2.36. The van der Waals surface area contributed by atoms with E-state index < -0.39 is 0 Å². The maximum atomic E-state index is 12.5. The summed E-state index contributed by atoms with van der Waals surface area (Å²) in [6.45, 7) is 1.81. The van der Waals surface area contributed by atoms with Crippen LogP contribution in [0.25, 0.3) is 0 Å². The molecule has 1 saturated carbocycles. The van der Waals surface area contributed by atoms with Crippen LogP contribution in [-0.2, 0) is 0 Å². The van der Waals surface area contributed by atoms with Gasteiger partial charge in [0.15, 0.2) is 0 Å². The van der Waals surface area contributed by atoms with Crippen LogP contribution in [-0.4, -0.2) is 29.9 Å². The van der Waals surface area contributed by atoms with Gasteiger partial charge in [-0.3, -0.25) is 4.79 Å². The van der Waals surface area contributed by atoms with E-state index >= 15 is 0 Å². The molecule has 0 aromatic heterocycles. The first kappa shape index (κ1) is 13.4. The number of fused-ring (bicyclic) bond motifs is 1. The van der Waals surface area contributed by atoms with E-state index in [2.05, 4.69) is 22.6 Å². The summed E-state index contributed by atoms with van der Waals surface area (Å²) in [7, 11) is 0. The maximum Gasteiger partial charge on any atom is 0.253 e. The highest BCUT2D eigenvalue weighted by atomic mass is 127. The fourth-order valence-electron chi connectivity index (χ4n) is 3.44. The zero-order valence-corrected chi connectivity index (χ0v) is 13.0. The third kappa shape index (κ3) is 2.79. The van der Waals surface area contributed by atoms with Gasteiger partial charge in [-0.15, -0.1) is 0 Å². The van der Waals surface area contributed by atoms with E-state index in [9.17, 15) is 4.79 Å². The zero-order valence-electron chi connectivity index (χ0n) is 10.9. The van der Waals surface area contributed by atoms with Gasteiger partial charge in [0.25, 0.3) is 5.91 Å². The van der Waals surface area contributed by atoms with Crippen molar-refractivity contribution in [2.45, 2.75) is 25.3 Å². The van der Waals surface area contributed by atoms with Gasteiger partial charge in [0.2, 0.25) is 0 Å². The SMILES string of the molecule is NC1CC[C@@H]2CN(C(=O)c3cccc(I)c3)C[C@@H]2C1. The molecule has 1 aliphatic heterocycles. The Morgan fingerprint density at radius 1 is 1.26 bits per heavy atom. The Balaban J connectivity index is 1.72. The molecule has 0 spiro atoms. The van der Waals surface area contributed by atoms with Gasteiger partial charge in [-0.25, -0.2) is 0 Å². The van der Waals surface area contributed by atoms with Crippen molar-refractivity contribution in [2.24, 2.45) is 17.6 Å². The van der Waals surface area contributed by atoms with Crippen LogP contribution in [0.3, 0.4) is 0 Å². The first-order valence-electron chi connectivity index (χ1n) is 6.94. The molecule has 3 nitrogen and oxygen atoms in total. The second-order valence-electron chi connectivity index (χ2n) is 5.81. The number of benzene rings is 1. The molecule has 1 amide bonds. The highest BCUT2D eigenvalue weighted by Gasteiger charge is 2.38. The number of carbonyl (C=O) groups is 1. The molecule has 1 aromatic rings. The van der Waals surface area contributed by atoms with Gasteiger partial charge >= 0.3 is 0 Å². The van der Waals surface area contributed by atoms with Crippen molar-refractivity contribution >= 4 is 28.5 Å². The van der Waals surface area contributed by atoms with E-state index in [1.54, 1.807) is 0 Å². The molecule has 3 rings (SSSR count). The van der Waals surface area contributed by atoms with Crippen molar-refractivity contribution in [1.29, 1.82) is 0 Å². The Kier molecular flexibility index (Phi) is 3.80. The lowest BCUT2D eigenvalue weighted by atomic mass is 9.79. The lowest BCUT2D eigenvalue weighted by molar-refractivity contribution is 0.0784. The molecule has 1 aromatic carbocycles. The second kappa shape index (κ2) is 5.40. The van der Waals surface area contributed by atoms with Gasteiger partial charge in [-0.05, 0) is 71.9 Å². The molecule has 4 heteroatoms. The number of nitrogens with zero attached hydrogens (tertiary/aromatic N) is 1. The molecule has 2 N–H and O–H groups in total. The number of halogens is 1. The summed E-state index contributed by atoms with van der Waals surface area (Å²) < 4.78 is 1.11. The van der Waals surface area contributed by atoms with E-state index in [0.717, 1.165) is 35.1 Å². The van der Waals surface area contributed by atoms with Gasteiger partial charge in [-0.2, -0.15) is 0 Å². The molecular weight excluding hydrogens is 351 g/mol. The van der Waals surface area contributed by atoms with E-state index in [0.29, 0.717) is 17.9 Å². The van der Waals surface area contributed by atoms with E-state index in [-0.39, 0.29) is 5.91 Å². The quantitative estimate of drug-likeness (QED) is 0.773. The fourth-order valence-corrected chi connectivity index (χ4v) is 3.98. The minimum Gasteiger partial charge on any atom is -0.338 e. The van der Waals surface area contributed by atoms with Crippen LogP contribution >= 0.6 is 22.6 Å². The molecule has 2 aliphatic rings. The van der Waals surface area contributed by atoms with E-state index in [1.165, 1.54) is 6.42 Å². The minimum absolute atomic E-state index is 0.182. The molecule has 1 aliphatic carbocycles. The Morgan fingerprint density at radius 3 is 2.84 bits per heavy atom. The topological polar surface area (TPSA) is 46.3 Å². The largest absolute Gasteiger partial charge is 0.338 e. The van der Waals surface area contributed by atoms with Crippen LogP contribution in [0.5, 0.6) is 0 Å². The number of hydrogen-bond donors (Lipinski definition) is 1. The summed E-state index contributed by atoms with van der Waals surface area (Å²) >= 11 is 2.25. The third-order valence-electron chi connectivity index (χ3n) is 4.45. The summed E-state index contributed by atoms with van der Waals surface area (Å²) in [4.78, 5) is 14.5. The van der Waals surface area contributed by atoms with Crippen LogP contribution in [0.4, 0.5) is 0 Å². The Hall–Kier alpha value is -0.620. The average Bonchev–Trinajstić information content (AvgIpc) is 2.80. The summed E-state index contributed by atoms with van der Waals surface area (Å²) in [5, 5.41) is 0. The number of carbonyl (C=O) groups excluding carboxylic acids is 1. The first-order valence-corrected chi connectivity index (χ1v) is 8.02. The highest BCUT2D eigenvalue weighted by molar-refractivity contribution is 14.1. The lowest BCUT2D eigenvalue weighted by Crippen LogP contribution is -2.32. The molecular formula is C15H19IN2O. The summed E-state index contributed by atoms with van der Waals surface area (Å²) in [5.74, 6) is 1.48. The van der Waals surface area contributed by atoms with Gasteiger partial charge in [0.1, 0.15) is 0 Å². The van der Waals surface area contributed by atoms with Crippen molar-refractivity contribution in [3.05, 3.63) is 33.4 Å². The number of rotatable bonds is 1. The average molecular weight is 370 g/mol. The molecule has 3 atom stereocenters. The second-order valence-corrected chi connectivity index (χ2v) is 7.06. The molecule has 2 fully saturated rings. The smallest absolute Gasteiger partial charge is 0.253 e. The molecule has 19 heavy (non-hydrogen) atoms. The van der Waals surface area contributed by atoms with Crippen molar-refractivity contribution in [3.63, 3.8) is 0 Å². The number of likely N-dealkylation sites (tertiary alicyclic amines) is 1. The first-order chi connectivity index (χ1) is 9.13. The molecule has 1 unspecified atom stereocenters. The lowest BCUT2D eigenvalue weighted by Gasteiger charge is -2.27. The monoisotopic (exact) mass is 370 g/mol. The van der Waals surface area contributed by atoms with Crippen molar-refractivity contribution in [1.82, 2.24) is 4.90 Å². The van der Waals surface area contributed by atoms with Gasteiger partial charge in [0.05, 0.1) is 0 Å². The number of hydrogen-bond acceptors (Lipinski definition) is 2. The fraction of sp³-hybridized carbons (Fsp3) is 0.533. The van der Waals surface area contributed by atoms with Gasteiger partial charge in [-0.1, -0.05) is 6.07 Å². The van der Waals surface area contributed by atoms with Crippen LogP contribution in [0.2, 0.25) is 0 Å². The minimum atomic E-state index is 0.182. The summed E-state index contributed by atoms with van der Waals surface area (Å²) in [6.07, 6.45) is 3.38.